The first kappa shape index (κ1) is 14.3. The fourth-order valence-electron chi connectivity index (χ4n) is 3.09. The van der Waals surface area contributed by atoms with Crippen LogP contribution in [-0.4, -0.2) is 59.9 Å². The number of carbonyl (C=O) groups excluding carboxylic acids is 2. The molecule has 2 aliphatic rings. The predicted octanol–water partition coefficient (Wildman–Crippen LogP) is 0.598. The Morgan fingerprint density at radius 2 is 2.21 bits per heavy atom. The molecule has 1 N–H and O–H groups in total. The minimum Gasteiger partial charge on any atom is -0.332 e. The molecule has 2 saturated heterocycles. The van der Waals surface area contributed by atoms with Crippen molar-refractivity contribution in [2.75, 3.05) is 26.2 Å². The van der Waals surface area contributed by atoms with Crippen LogP contribution in [0.2, 0.25) is 0 Å². The Balaban J connectivity index is 1.80. The molecule has 0 aliphatic carbocycles. The highest BCUT2D eigenvalue weighted by atomic mass is 16.2. The van der Waals surface area contributed by atoms with Crippen molar-refractivity contribution in [3.05, 3.63) is 0 Å². The van der Waals surface area contributed by atoms with E-state index >= 15 is 0 Å². The second-order valence-electron chi connectivity index (χ2n) is 5.61. The van der Waals surface area contributed by atoms with Gasteiger partial charge >= 0.3 is 0 Å². The molecule has 2 rings (SSSR count). The Hall–Kier alpha value is -1.10. The van der Waals surface area contributed by atoms with Gasteiger partial charge in [-0.2, -0.15) is 0 Å². The summed E-state index contributed by atoms with van der Waals surface area (Å²) in [6.45, 7) is 6.98. The molecule has 2 aliphatic heterocycles. The fourth-order valence-corrected chi connectivity index (χ4v) is 3.09. The number of hydrogen-bond donors (Lipinski definition) is 1. The summed E-state index contributed by atoms with van der Waals surface area (Å²) >= 11 is 0. The SMILES string of the molecule is CCNC(C)CCCN1CC(=O)N2CCCC2C1=O. The summed E-state index contributed by atoms with van der Waals surface area (Å²) in [7, 11) is 0. The van der Waals surface area contributed by atoms with Gasteiger partial charge in [0.2, 0.25) is 11.8 Å². The second-order valence-corrected chi connectivity index (χ2v) is 5.61. The third kappa shape index (κ3) is 3.26. The van der Waals surface area contributed by atoms with Gasteiger partial charge in [-0.25, -0.2) is 0 Å². The monoisotopic (exact) mass is 267 g/mol. The van der Waals surface area contributed by atoms with Crippen LogP contribution in [0.5, 0.6) is 0 Å². The first-order valence-electron chi connectivity index (χ1n) is 7.45. The third-order valence-electron chi connectivity index (χ3n) is 4.11. The minimum absolute atomic E-state index is 0.127. The highest BCUT2D eigenvalue weighted by Crippen LogP contribution is 2.23. The van der Waals surface area contributed by atoms with E-state index in [4.69, 9.17) is 0 Å². The summed E-state index contributed by atoms with van der Waals surface area (Å²) in [5, 5.41) is 3.36. The molecule has 2 heterocycles. The maximum absolute atomic E-state index is 12.3. The Morgan fingerprint density at radius 1 is 1.42 bits per heavy atom. The minimum atomic E-state index is -0.160. The van der Waals surface area contributed by atoms with Crippen LogP contribution in [-0.2, 0) is 9.59 Å². The zero-order valence-electron chi connectivity index (χ0n) is 12.0. The van der Waals surface area contributed by atoms with Crippen LogP contribution in [0.25, 0.3) is 0 Å². The van der Waals surface area contributed by atoms with Crippen LogP contribution in [0.4, 0.5) is 0 Å². The number of piperazine rings is 1. The average Bonchev–Trinajstić information content (AvgIpc) is 2.85. The maximum atomic E-state index is 12.3. The number of nitrogens with zero attached hydrogens (tertiary/aromatic N) is 2. The molecule has 2 atom stereocenters. The van der Waals surface area contributed by atoms with Crippen molar-refractivity contribution in [1.82, 2.24) is 15.1 Å². The topological polar surface area (TPSA) is 52.7 Å². The molecule has 2 amide bonds. The zero-order chi connectivity index (χ0) is 13.8. The van der Waals surface area contributed by atoms with E-state index in [1.54, 1.807) is 9.80 Å². The highest BCUT2D eigenvalue weighted by Gasteiger charge is 2.41. The molecule has 2 unspecified atom stereocenters. The molecular formula is C14H25N3O2. The Bertz CT molecular complexity index is 346. The average molecular weight is 267 g/mol. The Kier molecular flexibility index (Phi) is 4.80. The van der Waals surface area contributed by atoms with E-state index in [2.05, 4.69) is 19.2 Å². The van der Waals surface area contributed by atoms with E-state index in [-0.39, 0.29) is 24.4 Å². The first-order chi connectivity index (χ1) is 9.13. The lowest BCUT2D eigenvalue weighted by Gasteiger charge is -2.36. The molecular weight excluding hydrogens is 242 g/mol. The molecule has 0 radical (unpaired) electrons. The highest BCUT2D eigenvalue weighted by molar-refractivity contribution is 5.95. The van der Waals surface area contributed by atoms with Crippen LogP contribution in [0, 0.1) is 0 Å². The van der Waals surface area contributed by atoms with Gasteiger partial charge in [0.25, 0.3) is 0 Å². The molecule has 0 bridgehead atoms. The number of rotatable bonds is 6. The summed E-state index contributed by atoms with van der Waals surface area (Å²) in [5.41, 5.74) is 0. The van der Waals surface area contributed by atoms with Gasteiger partial charge in [-0.3, -0.25) is 9.59 Å². The predicted molar refractivity (Wildman–Crippen MR) is 73.7 cm³/mol. The van der Waals surface area contributed by atoms with Gasteiger partial charge < -0.3 is 15.1 Å². The molecule has 0 aromatic carbocycles. The lowest BCUT2D eigenvalue weighted by atomic mass is 10.1. The molecule has 5 heteroatoms. The van der Waals surface area contributed by atoms with Crippen molar-refractivity contribution >= 4 is 11.8 Å². The van der Waals surface area contributed by atoms with Crippen molar-refractivity contribution in [3.63, 3.8) is 0 Å². The molecule has 108 valence electrons. The van der Waals surface area contributed by atoms with Gasteiger partial charge in [0.15, 0.2) is 0 Å². The van der Waals surface area contributed by atoms with Crippen molar-refractivity contribution in [1.29, 1.82) is 0 Å². The van der Waals surface area contributed by atoms with E-state index in [0.717, 1.165) is 38.8 Å². The number of carbonyl (C=O) groups is 2. The van der Waals surface area contributed by atoms with Gasteiger partial charge in [0.05, 0.1) is 6.54 Å². The lowest BCUT2D eigenvalue weighted by Crippen LogP contribution is -2.57. The number of fused-ring (bicyclic) bond motifs is 1. The standard InChI is InChI=1S/C14H25N3O2/c1-3-15-11(2)6-4-8-16-10-13(18)17-9-5-7-12(17)14(16)19/h11-12,15H,3-10H2,1-2H3. The van der Waals surface area contributed by atoms with Crippen molar-refractivity contribution in [3.8, 4) is 0 Å². The number of amides is 2. The molecule has 0 saturated carbocycles. The van der Waals surface area contributed by atoms with E-state index < -0.39 is 0 Å². The quantitative estimate of drug-likeness (QED) is 0.766. The van der Waals surface area contributed by atoms with Gasteiger partial charge in [0.1, 0.15) is 6.04 Å². The smallest absolute Gasteiger partial charge is 0.245 e. The molecule has 0 aromatic heterocycles. The largest absolute Gasteiger partial charge is 0.332 e. The van der Waals surface area contributed by atoms with Crippen LogP contribution in [0.3, 0.4) is 0 Å². The van der Waals surface area contributed by atoms with E-state index in [9.17, 15) is 9.59 Å². The Morgan fingerprint density at radius 3 is 2.95 bits per heavy atom. The van der Waals surface area contributed by atoms with Crippen LogP contribution in [0.15, 0.2) is 0 Å². The maximum Gasteiger partial charge on any atom is 0.245 e. The summed E-state index contributed by atoms with van der Waals surface area (Å²) in [6, 6.07) is 0.316. The number of nitrogens with one attached hydrogen (secondary N) is 1. The molecule has 5 nitrogen and oxygen atoms in total. The van der Waals surface area contributed by atoms with Gasteiger partial charge in [-0.1, -0.05) is 6.92 Å². The van der Waals surface area contributed by atoms with Crippen molar-refractivity contribution < 1.29 is 9.59 Å². The zero-order valence-corrected chi connectivity index (χ0v) is 12.0. The number of hydrogen-bond acceptors (Lipinski definition) is 3. The van der Waals surface area contributed by atoms with Crippen LogP contribution >= 0.6 is 0 Å². The van der Waals surface area contributed by atoms with Crippen LogP contribution in [0.1, 0.15) is 39.5 Å². The van der Waals surface area contributed by atoms with Gasteiger partial charge in [-0.05, 0) is 39.2 Å². The van der Waals surface area contributed by atoms with E-state index in [1.807, 2.05) is 0 Å². The fraction of sp³-hybridized carbons (Fsp3) is 0.857. The summed E-state index contributed by atoms with van der Waals surface area (Å²) in [5.74, 6) is 0.287. The third-order valence-corrected chi connectivity index (χ3v) is 4.11. The van der Waals surface area contributed by atoms with E-state index in [1.165, 1.54) is 0 Å². The molecule has 2 fully saturated rings. The second kappa shape index (κ2) is 6.37. The molecule has 0 spiro atoms. The van der Waals surface area contributed by atoms with Crippen molar-refractivity contribution in [2.24, 2.45) is 0 Å². The van der Waals surface area contributed by atoms with Gasteiger partial charge in [-0.15, -0.1) is 0 Å². The molecule has 0 aromatic rings. The summed E-state index contributed by atoms with van der Waals surface area (Å²) in [6.07, 6.45) is 3.81. The normalized spacial score (nSPS) is 24.8. The first-order valence-corrected chi connectivity index (χ1v) is 7.45. The molecule has 19 heavy (non-hydrogen) atoms. The van der Waals surface area contributed by atoms with Gasteiger partial charge in [0, 0.05) is 19.1 Å². The Labute approximate surface area is 115 Å². The summed E-state index contributed by atoms with van der Waals surface area (Å²) < 4.78 is 0. The summed E-state index contributed by atoms with van der Waals surface area (Å²) in [4.78, 5) is 27.7. The lowest BCUT2D eigenvalue weighted by molar-refractivity contribution is -0.153. The van der Waals surface area contributed by atoms with E-state index in [0.29, 0.717) is 12.6 Å². The van der Waals surface area contributed by atoms with Crippen molar-refractivity contribution in [2.45, 2.75) is 51.6 Å². The van der Waals surface area contributed by atoms with Crippen LogP contribution < -0.4 is 5.32 Å².